The van der Waals surface area contributed by atoms with Gasteiger partial charge in [0.15, 0.2) is 4.96 Å². The minimum Gasteiger partial charge on any atom is -0.369 e. The molecule has 4 rings (SSSR count). The van der Waals surface area contributed by atoms with Gasteiger partial charge >= 0.3 is 0 Å². The molecule has 5 nitrogen and oxygen atoms in total. The molecule has 3 heterocycles. The lowest BCUT2D eigenvalue weighted by atomic mass is 10.1. The number of anilines is 1. The Kier molecular flexibility index (Phi) is 4.08. The average Bonchev–Trinajstić information content (AvgIpc) is 3.05. The Labute approximate surface area is 144 Å². The van der Waals surface area contributed by atoms with Gasteiger partial charge in [-0.3, -0.25) is 14.1 Å². The summed E-state index contributed by atoms with van der Waals surface area (Å²) in [6.45, 7) is 6.89. The summed E-state index contributed by atoms with van der Waals surface area (Å²) in [6.07, 6.45) is 1.78. The maximum atomic E-state index is 12.1. The van der Waals surface area contributed by atoms with Gasteiger partial charge in [-0.15, -0.1) is 11.3 Å². The molecule has 1 saturated heterocycles. The van der Waals surface area contributed by atoms with E-state index in [2.05, 4.69) is 46.0 Å². The number of piperazine rings is 1. The number of fused-ring (bicyclic) bond motifs is 1. The van der Waals surface area contributed by atoms with E-state index in [9.17, 15) is 4.79 Å². The molecule has 6 heteroatoms. The largest absolute Gasteiger partial charge is 0.369 e. The molecule has 0 spiro atoms. The molecule has 0 saturated carbocycles. The zero-order chi connectivity index (χ0) is 16.5. The Morgan fingerprint density at radius 3 is 2.75 bits per heavy atom. The molecule has 24 heavy (non-hydrogen) atoms. The molecule has 3 aromatic rings. The molecule has 0 radical (unpaired) electrons. The highest BCUT2D eigenvalue weighted by atomic mass is 32.1. The molecule has 1 aliphatic heterocycles. The van der Waals surface area contributed by atoms with Crippen LogP contribution in [0.3, 0.4) is 0 Å². The van der Waals surface area contributed by atoms with Crippen molar-refractivity contribution in [1.82, 2.24) is 14.3 Å². The van der Waals surface area contributed by atoms with Crippen LogP contribution in [-0.2, 0) is 6.54 Å². The molecule has 2 aromatic heterocycles. The van der Waals surface area contributed by atoms with Crippen LogP contribution in [0.1, 0.15) is 11.3 Å². The zero-order valence-corrected chi connectivity index (χ0v) is 14.5. The number of hydrogen-bond acceptors (Lipinski definition) is 5. The number of hydrogen-bond donors (Lipinski definition) is 0. The molecular weight excluding hydrogens is 320 g/mol. The normalized spacial score (nSPS) is 16.0. The van der Waals surface area contributed by atoms with Gasteiger partial charge in [0.2, 0.25) is 0 Å². The maximum Gasteiger partial charge on any atom is 0.258 e. The van der Waals surface area contributed by atoms with Crippen LogP contribution >= 0.6 is 11.3 Å². The number of aryl methyl sites for hydroxylation is 1. The predicted octanol–water partition coefficient (Wildman–Crippen LogP) is 2.39. The van der Waals surface area contributed by atoms with Crippen molar-refractivity contribution < 1.29 is 0 Å². The number of nitrogens with zero attached hydrogens (tertiary/aromatic N) is 4. The Morgan fingerprint density at radius 2 is 1.96 bits per heavy atom. The fourth-order valence-corrected chi connectivity index (χ4v) is 4.00. The number of rotatable bonds is 3. The van der Waals surface area contributed by atoms with Crippen LogP contribution < -0.4 is 10.5 Å². The van der Waals surface area contributed by atoms with E-state index in [1.807, 2.05) is 5.38 Å². The highest BCUT2D eigenvalue weighted by Gasteiger charge is 2.19. The van der Waals surface area contributed by atoms with Gasteiger partial charge in [-0.2, -0.15) is 0 Å². The van der Waals surface area contributed by atoms with Gasteiger partial charge in [-0.05, 0) is 18.6 Å². The SMILES string of the molecule is Cc1ccccc1N1CCN(Cc2cc(=O)n3ccsc3n2)CC1. The van der Waals surface area contributed by atoms with E-state index in [0.717, 1.165) is 43.4 Å². The van der Waals surface area contributed by atoms with Crippen molar-refractivity contribution in [2.24, 2.45) is 0 Å². The lowest BCUT2D eigenvalue weighted by Crippen LogP contribution is -2.46. The number of thiazole rings is 1. The number of benzene rings is 1. The molecule has 0 aliphatic carbocycles. The first kappa shape index (κ1) is 15.4. The quantitative estimate of drug-likeness (QED) is 0.734. The molecule has 0 bridgehead atoms. The van der Waals surface area contributed by atoms with Crippen molar-refractivity contribution in [3.8, 4) is 0 Å². The van der Waals surface area contributed by atoms with Crippen molar-refractivity contribution in [2.75, 3.05) is 31.1 Å². The van der Waals surface area contributed by atoms with Gasteiger partial charge in [-0.1, -0.05) is 18.2 Å². The van der Waals surface area contributed by atoms with Gasteiger partial charge in [0.1, 0.15) is 0 Å². The minimum atomic E-state index is 0.00907. The van der Waals surface area contributed by atoms with Gasteiger partial charge in [0.25, 0.3) is 5.56 Å². The van der Waals surface area contributed by atoms with Crippen molar-refractivity contribution >= 4 is 22.0 Å². The molecular formula is C18H20N4OS. The standard InChI is InChI=1S/C18H20N4OS/c1-14-4-2-3-5-16(14)21-8-6-20(7-9-21)13-15-12-17(23)22-10-11-24-18(22)19-15/h2-5,10-12H,6-9,13H2,1H3. The number of aromatic nitrogens is 2. The smallest absolute Gasteiger partial charge is 0.258 e. The van der Waals surface area contributed by atoms with Crippen molar-refractivity contribution in [2.45, 2.75) is 13.5 Å². The van der Waals surface area contributed by atoms with Crippen LogP contribution in [0, 0.1) is 6.92 Å². The van der Waals surface area contributed by atoms with Crippen molar-refractivity contribution in [3.05, 3.63) is 63.5 Å². The maximum absolute atomic E-state index is 12.1. The van der Waals surface area contributed by atoms with E-state index in [1.165, 1.54) is 22.6 Å². The van der Waals surface area contributed by atoms with Crippen LogP contribution in [0.4, 0.5) is 5.69 Å². The fourth-order valence-electron chi connectivity index (χ4n) is 3.26. The summed E-state index contributed by atoms with van der Waals surface area (Å²) in [5, 5.41) is 1.90. The van der Waals surface area contributed by atoms with E-state index in [0.29, 0.717) is 0 Å². The van der Waals surface area contributed by atoms with Crippen molar-refractivity contribution in [3.63, 3.8) is 0 Å². The Morgan fingerprint density at radius 1 is 1.17 bits per heavy atom. The van der Waals surface area contributed by atoms with Crippen LogP contribution in [-0.4, -0.2) is 40.5 Å². The van der Waals surface area contributed by atoms with Crippen LogP contribution in [0.5, 0.6) is 0 Å². The monoisotopic (exact) mass is 340 g/mol. The highest BCUT2D eigenvalue weighted by Crippen LogP contribution is 2.21. The first-order valence-electron chi connectivity index (χ1n) is 8.19. The third kappa shape index (κ3) is 2.95. The van der Waals surface area contributed by atoms with E-state index >= 15 is 0 Å². The second-order valence-corrected chi connectivity index (χ2v) is 7.06. The first-order valence-corrected chi connectivity index (χ1v) is 9.07. The number of para-hydroxylation sites is 1. The van der Waals surface area contributed by atoms with Crippen molar-refractivity contribution in [1.29, 1.82) is 0 Å². The Bertz CT molecular complexity index is 909. The second-order valence-electron chi connectivity index (χ2n) is 6.19. The summed E-state index contributed by atoms with van der Waals surface area (Å²) >= 11 is 1.50. The van der Waals surface area contributed by atoms with E-state index in [4.69, 9.17) is 0 Å². The zero-order valence-electron chi connectivity index (χ0n) is 13.7. The molecule has 0 atom stereocenters. The summed E-state index contributed by atoms with van der Waals surface area (Å²) in [5.41, 5.74) is 3.53. The van der Waals surface area contributed by atoms with Crippen LogP contribution in [0.25, 0.3) is 4.96 Å². The van der Waals surface area contributed by atoms with E-state index in [1.54, 1.807) is 16.7 Å². The minimum absolute atomic E-state index is 0.00907. The third-order valence-corrected chi connectivity index (χ3v) is 5.33. The summed E-state index contributed by atoms with van der Waals surface area (Å²) in [5.74, 6) is 0. The second kappa shape index (κ2) is 6.37. The lowest BCUT2D eigenvalue weighted by molar-refractivity contribution is 0.247. The first-order chi connectivity index (χ1) is 11.7. The third-order valence-electron chi connectivity index (χ3n) is 4.57. The van der Waals surface area contributed by atoms with Gasteiger partial charge < -0.3 is 4.90 Å². The molecule has 1 aliphatic rings. The summed E-state index contributed by atoms with van der Waals surface area (Å²) < 4.78 is 1.60. The van der Waals surface area contributed by atoms with Crippen LogP contribution in [0.2, 0.25) is 0 Å². The summed E-state index contributed by atoms with van der Waals surface area (Å²) in [6, 6.07) is 10.2. The van der Waals surface area contributed by atoms with Crippen LogP contribution in [0.15, 0.2) is 46.7 Å². The summed E-state index contributed by atoms with van der Waals surface area (Å²) in [4.78, 5) is 22.3. The highest BCUT2D eigenvalue weighted by molar-refractivity contribution is 7.15. The molecule has 1 aromatic carbocycles. The Balaban J connectivity index is 1.44. The average molecular weight is 340 g/mol. The van der Waals surface area contributed by atoms with E-state index in [-0.39, 0.29) is 5.56 Å². The lowest BCUT2D eigenvalue weighted by Gasteiger charge is -2.36. The van der Waals surface area contributed by atoms with Gasteiger partial charge in [0, 0.05) is 56.1 Å². The van der Waals surface area contributed by atoms with Gasteiger partial charge in [-0.25, -0.2) is 4.98 Å². The molecule has 0 amide bonds. The van der Waals surface area contributed by atoms with Gasteiger partial charge in [0.05, 0.1) is 5.69 Å². The molecule has 0 N–H and O–H groups in total. The summed E-state index contributed by atoms with van der Waals surface area (Å²) in [7, 11) is 0. The van der Waals surface area contributed by atoms with E-state index < -0.39 is 0 Å². The topological polar surface area (TPSA) is 40.9 Å². The Hall–Kier alpha value is -2.18. The predicted molar refractivity (Wildman–Crippen MR) is 98.0 cm³/mol. The molecule has 124 valence electrons. The fraction of sp³-hybridized carbons (Fsp3) is 0.333. The molecule has 0 unspecified atom stereocenters. The molecule has 1 fully saturated rings.